The van der Waals surface area contributed by atoms with Crippen molar-refractivity contribution in [3.05, 3.63) is 29.8 Å². The third-order valence-corrected chi connectivity index (χ3v) is 3.48. The first-order valence-electron chi connectivity index (χ1n) is 4.84. The molecular weight excluding hydrogens is 260 g/mol. The first-order valence-corrected chi connectivity index (χ1v) is 6.32. The SMILES string of the molecule is COC(=O)c1ccccc1S(=O)(=O)NCC(N)=O. The molecule has 0 heterocycles. The van der Waals surface area contributed by atoms with Crippen LogP contribution in [-0.2, 0) is 19.6 Å². The number of carbonyl (C=O) groups excluding carboxylic acids is 2. The Labute approximate surface area is 104 Å². The second-order valence-electron chi connectivity index (χ2n) is 3.28. The Morgan fingerprint density at radius 1 is 1.33 bits per heavy atom. The van der Waals surface area contributed by atoms with E-state index in [1.54, 1.807) is 0 Å². The summed E-state index contributed by atoms with van der Waals surface area (Å²) in [5.41, 5.74) is 4.73. The molecule has 7 nitrogen and oxygen atoms in total. The third-order valence-electron chi connectivity index (χ3n) is 2.02. The van der Waals surface area contributed by atoms with Crippen LogP contribution in [0.4, 0.5) is 0 Å². The maximum absolute atomic E-state index is 11.9. The summed E-state index contributed by atoms with van der Waals surface area (Å²) >= 11 is 0. The molecule has 0 fully saturated rings. The summed E-state index contributed by atoms with van der Waals surface area (Å²) in [5.74, 6) is -1.61. The number of esters is 1. The molecule has 0 aliphatic rings. The minimum atomic E-state index is -3.99. The Hall–Kier alpha value is -1.93. The largest absolute Gasteiger partial charge is 0.465 e. The van der Waals surface area contributed by atoms with Crippen LogP contribution in [0.2, 0.25) is 0 Å². The number of primary amides is 1. The van der Waals surface area contributed by atoms with Gasteiger partial charge in [0.15, 0.2) is 0 Å². The van der Waals surface area contributed by atoms with Crippen molar-refractivity contribution >= 4 is 21.9 Å². The molecule has 0 radical (unpaired) electrons. The van der Waals surface area contributed by atoms with Crippen LogP contribution in [0.3, 0.4) is 0 Å². The van der Waals surface area contributed by atoms with Crippen LogP contribution >= 0.6 is 0 Å². The first-order chi connectivity index (χ1) is 8.38. The molecule has 0 saturated carbocycles. The second-order valence-corrected chi connectivity index (χ2v) is 5.01. The van der Waals surface area contributed by atoms with E-state index in [2.05, 4.69) is 4.74 Å². The average Bonchev–Trinajstić information content (AvgIpc) is 2.35. The van der Waals surface area contributed by atoms with Crippen molar-refractivity contribution in [3.63, 3.8) is 0 Å². The zero-order valence-corrected chi connectivity index (χ0v) is 10.4. The highest BCUT2D eigenvalue weighted by Gasteiger charge is 2.22. The van der Waals surface area contributed by atoms with Crippen LogP contribution in [0, 0.1) is 0 Å². The first kappa shape index (κ1) is 14.1. The predicted molar refractivity (Wildman–Crippen MR) is 62.2 cm³/mol. The molecular formula is C10H12N2O5S. The third kappa shape index (κ3) is 3.28. The molecule has 0 aliphatic carbocycles. The Morgan fingerprint density at radius 3 is 2.50 bits per heavy atom. The Morgan fingerprint density at radius 2 is 1.94 bits per heavy atom. The van der Waals surface area contributed by atoms with Crippen LogP contribution in [-0.4, -0.2) is 33.9 Å². The van der Waals surface area contributed by atoms with Crippen molar-refractivity contribution in [2.75, 3.05) is 13.7 Å². The van der Waals surface area contributed by atoms with Crippen molar-refractivity contribution in [1.29, 1.82) is 0 Å². The fraction of sp³-hybridized carbons (Fsp3) is 0.200. The molecule has 0 atom stereocenters. The van der Waals surface area contributed by atoms with Crippen LogP contribution in [0.5, 0.6) is 0 Å². The number of methoxy groups -OCH3 is 1. The lowest BCUT2D eigenvalue weighted by Gasteiger charge is -2.08. The fourth-order valence-corrected chi connectivity index (χ4v) is 2.41. The average molecular weight is 272 g/mol. The summed E-state index contributed by atoms with van der Waals surface area (Å²) < 4.78 is 30.2. The van der Waals surface area contributed by atoms with Gasteiger partial charge < -0.3 is 10.5 Å². The second kappa shape index (κ2) is 5.61. The monoisotopic (exact) mass is 272 g/mol. The molecule has 1 rings (SSSR count). The van der Waals surface area contributed by atoms with Crippen LogP contribution in [0.1, 0.15) is 10.4 Å². The number of hydrogen-bond donors (Lipinski definition) is 2. The summed E-state index contributed by atoms with van der Waals surface area (Å²) in [6.45, 7) is -0.544. The Kier molecular flexibility index (Phi) is 4.40. The summed E-state index contributed by atoms with van der Waals surface area (Å²) in [7, 11) is -2.85. The smallest absolute Gasteiger partial charge is 0.339 e. The normalized spacial score (nSPS) is 10.9. The molecule has 0 saturated heterocycles. The molecule has 0 aliphatic heterocycles. The summed E-state index contributed by atoms with van der Waals surface area (Å²) in [5, 5.41) is 0. The van der Waals surface area contributed by atoms with Crippen LogP contribution in [0.15, 0.2) is 29.2 Å². The molecule has 1 aromatic rings. The van der Waals surface area contributed by atoms with E-state index < -0.39 is 28.4 Å². The number of hydrogen-bond acceptors (Lipinski definition) is 5. The van der Waals surface area contributed by atoms with Gasteiger partial charge in [-0.2, -0.15) is 0 Å². The zero-order chi connectivity index (χ0) is 13.8. The molecule has 98 valence electrons. The number of sulfonamides is 1. The minimum absolute atomic E-state index is 0.114. The highest BCUT2D eigenvalue weighted by Crippen LogP contribution is 2.15. The van der Waals surface area contributed by atoms with Crippen LogP contribution < -0.4 is 10.5 Å². The quantitative estimate of drug-likeness (QED) is 0.683. The van der Waals surface area contributed by atoms with Crippen molar-refractivity contribution in [2.45, 2.75) is 4.90 Å². The van der Waals surface area contributed by atoms with E-state index in [4.69, 9.17) is 5.73 Å². The van der Waals surface area contributed by atoms with Crippen molar-refractivity contribution in [1.82, 2.24) is 4.72 Å². The molecule has 18 heavy (non-hydrogen) atoms. The summed E-state index contributed by atoms with van der Waals surface area (Å²) in [6, 6.07) is 5.49. The van der Waals surface area contributed by atoms with E-state index in [-0.39, 0.29) is 10.5 Å². The maximum Gasteiger partial charge on any atom is 0.339 e. The number of ether oxygens (including phenoxy) is 1. The number of carbonyl (C=O) groups is 2. The number of benzene rings is 1. The van der Waals surface area contributed by atoms with Crippen LogP contribution in [0.25, 0.3) is 0 Å². The number of nitrogens with one attached hydrogen (secondary N) is 1. The van der Waals surface area contributed by atoms with E-state index >= 15 is 0 Å². The van der Waals surface area contributed by atoms with Gasteiger partial charge in [-0.3, -0.25) is 4.79 Å². The van der Waals surface area contributed by atoms with Gasteiger partial charge in [-0.25, -0.2) is 17.9 Å². The summed E-state index contributed by atoms with van der Waals surface area (Å²) in [4.78, 5) is 21.7. The van der Waals surface area contributed by atoms with Gasteiger partial charge in [-0.05, 0) is 12.1 Å². The standard InChI is InChI=1S/C10H12N2O5S/c1-17-10(14)7-4-2-3-5-8(7)18(15,16)12-6-9(11)13/h2-5,12H,6H2,1H3,(H2,11,13). The van der Waals surface area contributed by atoms with E-state index in [0.717, 1.165) is 7.11 Å². The summed E-state index contributed by atoms with van der Waals surface area (Å²) in [6.07, 6.45) is 0. The fourth-order valence-electron chi connectivity index (χ4n) is 1.22. The lowest BCUT2D eigenvalue weighted by molar-refractivity contribution is -0.116. The maximum atomic E-state index is 11.9. The molecule has 0 aromatic heterocycles. The van der Waals surface area contributed by atoms with Gasteiger partial charge in [0.1, 0.15) is 0 Å². The number of rotatable bonds is 5. The molecule has 1 amide bonds. The lowest BCUT2D eigenvalue weighted by atomic mass is 10.2. The molecule has 1 aromatic carbocycles. The number of amides is 1. The van der Waals surface area contributed by atoms with Gasteiger partial charge in [-0.1, -0.05) is 12.1 Å². The van der Waals surface area contributed by atoms with Crippen molar-refractivity contribution in [3.8, 4) is 0 Å². The minimum Gasteiger partial charge on any atom is -0.465 e. The number of nitrogens with two attached hydrogens (primary N) is 1. The van der Waals surface area contributed by atoms with Gasteiger partial charge in [0.05, 0.1) is 24.1 Å². The Bertz CT molecular complexity index is 567. The van der Waals surface area contributed by atoms with Gasteiger partial charge in [0, 0.05) is 0 Å². The predicted octanol–water partition coefficient (Wildman–Crippen LogP) is -0.763. The highest BCUT2D eigenvalue weighted by molar-refractivity contribution is 7.89. The van der Waals surface area contributed by atoms with Crippen molar-refractivity contribution in [2.24, 2.45) is 5.73 Å². The van der Waals surface area contributed by atoms with Gasteiger partial charge in [0.25, 0.3) is 0 Å². The van der Waals surface area contributed by atoms with Gasteiger partial charge >= 0.3 is 5.97 Å². The Balaban J connectivity index is 3.16. The van der Waals surface area contributed by atoms with E-state index in [0.29, 0.717) is 0 Å². The molecule has 3 N–H and O–H groups in total. The molecule has 8 heteroatoms. The molecule has 0 unspecified atom stereocenters. The van der Waals surface area contributed by atoms with Crippen molar-refractivity contribution < 1.29 is 22.7 Å². The van der Waals surface area contributed by atoms with E-state index in [1.165, 1.54) is 24.3 Å². The zero-order valence-electron chi connectivity index (χ0n) is 9.54. The topological polar surface area (TPSA) is 116 Å². The van der Waals surface area contributed by atoms with Gasteiger partial charge in [0.2, 0.25) is 15.9 Å². The molecule has 0 bridgehead atoms. The van der Waals surface area contributed by atoms with E-state index in [9.17, 15) is 18.0 Å². The van der Waals surface area contributed by atoms with Gasteiger partial charge in [-0.15, -0.1) is 0 Å². The highest BCUT2D eigenvalue weighted by atomic mass is 32.2. The lowest BCUT2D eigenvalue weighted by Crippen LogP contribution is -2.34. The van der Waals surface area contributed by atoms with E-state index in [1.807, 2.05) is 4.72 Å². The molecule has 0 spiro atoms.